The molecule has 0 aliphatic carbocycles. The number of H-pyrrole nitrogens is 1. The number of aromatic nitrogens is 1. The Labute approximate surface area is 147 Å². The van der Waals surface area contributed by atoms with Gasteiger partial charge in [-0.15, -0.1) is 0 Å². The van der Waals surface area contributed by atoms with Crippen LogP contribution in [0.4, 0.5) is 0 Å². The second-order valence-electron chi connectivity index (χ2n) is 6.61. The Balaban J connectivity index is 1.41. The SMILES string of the molecule is O=C(Cc1c[nH]c2ccccc12)NC[C@@H](c1ccco1)N1CCCC1. The van der Waals surface area contributed by atoms with Crippen LogP contribution in [-0.4, -0.2) is 35.4 Å². The molecule has 4 rings (SSSR count). The Morgan fingerprint density at radius 2 is 2.04 bits per heavy atom. The zero-order valence-corrected chi connectivity index (χ0v) is 14.2. The molecule has 3 aromatic rings. The molecule has 1 aliphatic rings. The zero-order valence-electron chi connectivity index (χ0n) is 14.2. The van der Waals surface area contributed by atoms with Crippen LogP contribution in [0.1, 0.15) is 30.2 Å². The Hall–Kier alpha value is -2.53. The molecule has 1 aliphatic heterocycles. The Kier molecular flexibility index (Phi) is 4.57. The maximum absolute atomic E-state index is 12.5. The summed E-state index contributed by atoms with van der Waals surface area (Å²) in [7, 11) is 0. The number of nitrogens with zero attached hydrogens (tertiary/aromatic N) is 1. The number of likely N-dealkylation sites (tertiary alicyclic amines) is 1. The normalized spacial score (nSPS) is 16.3. The van der Waals surface area contributed by atoms with E-state index in [1.807, 2.05) is 42.6 Å². The van der Waals surface area contributed by atoms with Crippen molar-refractivity contribution in [1.29, 1.82) is 0 Å². The first kappa shape index (κ1) is 16.0. The van der Waals surface area contributed by atoms with Crippen LogP contribution in [-0.2, 0) is 11.2 Å². The first-order chi connectivity index (χ1) is 12.3. The van der Waals surface area contributed by atoms with Crippen molar-refractivity contribution in [2.75, 3.05) is 19.6 Å². The number of amides is 1. The number of para-hydroxylation sites is 1. The molecule has 1 aromatic carbocycles. The molecule has 2 N–H and O–H groups in total. The largest absolute Gasteiger partial charge is 0.468 e. The molecule has 0 spiro atoms. The quantitative estimate of drug-likeness (QED) is 0.726. The van der Waals surface area contributed by atoms with Gasteiger partial charge in [-0.1, -0.05) is 18.2 Å². The van der Waals surface area contributed by atoms with Crippen LogP contribution in [0, 0.1) is 0 Å². The Morgan fingerprint density at radius 3 is 2.84 bits per heavy atom. The lowest BCUT2D eigenvalue weighted by Gasteiger charge is -2.26. The van der Waals surface area contributed by atoms with Gasteiger partial charge in [-0.2, -0.15) is 0 Å². The molecule has 1 saturated heterocycles. The zero-order chi connectivity index (χ0) is 17.1. The number of benzene rings is 1. The summed E-state index contributed by atoms with van der Waals surface area (Å²) in [5.74, 6) is 0.967. The molecule has 5 heteroatoms. The van der Waals surface area contributed by atoms with Gasteiger partial charge < -0.3 is 14.7 Å². The third-order valence-electron chi connectivity index (χ3n) is 4.97. The topological polar surface area (TPSA) is 61.3 Å². The molecule has 0 saturated carbocycles. The fraction of sp³-hybridized carbons (Fsp3) is 0.350. The van der Waals surface area contributed by atoms with Crippen molar-refractivity contribution >= 4 is 16.8 Å². The van der Waals surface area contributed by atoms with Crippen molar-refractivity contribution in [1.82, 2.24) is 15.2 Å². The van der Waals surface area contributed by atoms with Crippen LogP contribution in [0.2, 0.25) is 0 Å². The van der Waals surface area contributed by atoms with E-state index >= 15 is 0 Å². The highest BCUT2D eigenvalue weighted by Crippen LogP contribution is 2.25. The standard InChI is InChI=1S/C20H23N3O2/c24-20(12-15-13-21-17-7-2-1-6-16(15)17)22-14-18(19-8-5-11-25-19)23-9-3-4-10-23/h1-2,5-8,11,13,18,21H,3-4,9-10,12,14H2,(H,22,24)/t18-/m0/s1. The summed E-state index contributed by atoms with van der Waals surface area (Å²) in [5, 5.41) is 4.21. The van der Waals surface area contributed by atoms with E-state index in [9.17, 15) is 4.79 Å². The monoisotopic (exact) mass is 337 g/mol. The van der Waals surface area contributed by atoms with Crippen molar-refractivity contribution in [3.8, 4) is 0 Å². The molecule has 1 fully saturated rings. The van der Waals surface area contributed by atoms with Gasteiger partial charge in [0.2, 0.25) is 5.91 Å². The van der Waals surface area contributed by atoms with Crippen LogP contribution in [0.5, 0.6) is 0 Å². The van der Waals surface area contributed by atoms with E-state index in [1.165, 1.54) is 12.8 Å². The van der Waals surface area contributed by atoms with E-state index in [4.69, 9.17) is 4.42 Å². The average Bonchev–Trinajstić information content (AvgIpc) is 3.38. The van der Waals surface area contributed by atoms with Crippen LogP contribution < -0.4 is 5.32 Å². The first-order valence-corrected chi connectivity index (χ1v) is 8.90. The molecule has 0 unspecified atom stereocenters. The molecule has 1 atom stereocenters. The minimum absolute atomic E-state index is 0.0421. The van der Waals surface area contributed by atoms with Gasteiger partial charge in [-0.05, 0) is 49.7 Å². The maximum Gasteiger partial charge on any atom is 0.224 e. The smallest absolute Gasteiger partial charge is 0.224 e. The van der Waals surface area contributed by atoms with Crippen molar-refractivity contribution in [3.05, 3.63) is 60.2 Å². The highest BCUT2D eigenvalue weighted by molar-refractivity contribution is 5.88. The van der Waals surface area contributed by atoms with E-state index in [1.54, 1.807) is 6.26 Å². The number of carbonyl (C=O) groups is 1. The summed E-state index contributed by atoms with van der Waals surface area (Å²) >= 11 is 0. The molecule has 1 amide bonds. The molecule has 5 nitrogen and oxygen atoms in total. The Bertz CT molecular complexity index is 832. The minimum atomic E-state index is 0.0421. The van der Waals surface area contributed by atoms with E-state index in [2.05, 4.69) is 15.2 Å². The highest BCUT2D eigenvalue weighted by atomic mass is 16.3. The average molecular weight is 337 g/mol. The molecule has 0 radical (unpaired) electrons. The number of aromatic amines is 1. The molecule has 25 heavy (non-hydrogen) atoms. The lowest BCUT2D eigenvalue weighted by Crippen LogP contribution is -2.37. The molecule has 2 aromatic heterocycles. The lowest BCUT2D eigenvalue weighted by atomic mass is 10.1. The number of rotatable bonds is 6. The van der Waals surface area contributed by atoms with Crippen molar-refractivity contribution in [2.24, 2.45) is 0 Å². The van der Waals surface area contributed by atoms with Crippen LogP contribution in [0.25, 0.3) is 10.9 Å². The minimum Gasteiger partial charge on any atom is -0.468 e. The molecule has 3 heterocycles. The van der Waals surface area contributed by atoms with E-state index in [0.717, 1.165) is 35.3 Å². The van der Waals surface area contributed by atoms with E-state index in [-0.39, 0.29) is 11.9 Å². The second kappa shape index (κ2) is 7.15. The fourth-order valence-electron chi connectivity index (χ4n) is 3.67. The maximum atomic E-state index is 12.5. The van der Waals surface area contributed by atoms with Gasteiger partial charge >= 0.3 is 0 Å². The van der Waals surface area contributed by atoms with Gasteiger partial charge in [0.1, 0.15) is 5.76 Å². The van der Waals surface area contributed by atoms with E-state index in [0.29, 0.717) is 13.0 Å². The van der Waals surface area contributed by atoms with Crippen molar-refractivity contribution < 1.29 is 9.21 Å². The highest BCUT2D eigenvalue weighted by Gasteiger charge is 2.26. The van der Waals surface area contributed by atoms with Gasteiger partial charge in [-0.3, -0.25) is 9.69 Å². The predicted molar refractivity (Wildman–Crippen MR) is 97.3 cm³/mol. The third-order valence-corrected chi connectivity index (χ3v) is 4.97. The summed E-state index contributed by atoms with van der Waals surface area (Å²) in [6.45, 7) is 2.70. The van der Waals surface area contributed by atoms with Gasteiger partial charge in [0.25, 0.3) is 0 Å². The van der Waals surface area contributed by atoms with Gasteiger partial charge in [0.05, 0.1) is 18.7 Å². The van der Waals surface area contributed by atoms with Crippen molar-refractivity contribution in [3.63, 3.8) is 0 Å². The van der Waals surface area contributed by atoms with Gasteiger partial charge in [0.15, 0.2) is 0 Å². The number of hydrogen-bond acceptors (Lipinski definition) is 3. The molecule has 0 bridgehead atoms. The summed E-state index contributed by atoms with van der Waals surface area (Å²) < 4.78 is 5.61. The summed E-state index contributed by atoms with van der Waals surface area (Å²) in [6.07, 6.45) is 6.43. The summed E-state index contributed by atoms with van der Waals surface area (Å²) in [6, 6.07) is 12.1. The number of fused-ring (bicyclic) bond motifs is 1. The van der Waals surface area contributed by atoms with Crippen LogP contribution >= 0.6 is 0 Å². The van der Waals surface area contributed by atoms with Gasteiger partial charge in [-0.25, -0.2) is 0 Å². The first-order valence-electron chi connectivity index (χ1n) is 8.90. The predicted octanol–water partition coefficient (Wildman–Crippen LogP) is 3.26. The number of nitrogens with one attached hydrogen (secondary N) is 2. The summed E-state index contributed by atoms with van der Waals surface area (Å²) in [5.41, 5.74) is 2.10. The van der Waals surface area contributed by atoms with Crippen LogP contribution in [0.3, 0.4) is 0 Å². The van der Waals surface area contributed by atoms with Gasteiger partial charge in [0, 0.05) is 23.6 Å². The molecular weight excluding hydrogens is 314 g/mol. The molecule has 130 valence electrons. The summed E-state index contributed by atoms with van der Waals surface area (Å²) in [4.78, 5) is 18.1. The lowest BCUT2D eigenvalue weighted by molar-refractivity contribution is -0.120. The number of carbonyl (C=O) groups excluding carboxylic acids is 1. The number of furan rings is 1. The second-order valence-corrected chi connectivity index (χ2v) is 6.61. The fourth-order valence-corrected chi connectivity index (χ4v) is 3.67. The number of hydrogen-bond donors (Lipinski definition) is 2. The van der Waals surface area contributed by atoms with Crippen molar-refractivity contribution in [2.45, 2.75) is 25.3 Å². The third kappa shape index (κ3) is 3.46. The Morgan fingerprint density at radius 1 is 1.20 bits per heavy atom. The van der Waals surface area contributed by atoms with E-state index < -0.39 is 0 Å². The molecular formula is C20H23N3O2. The van der Waals surface area contributed by atoms with Crippen LogP contribution in [0.15, 0.2) is 53.3 Å².